The average Bonchev–Trinajstić information content (AvgIpc) is 2.44. The van der Waals surface area contributed by atoms with Gasteiger partial charge in [-0.05, 0) is 37.1 Å². The Bertz CT molecular complexity index is 474. The topological polar surface area (TPSA) is 70.2 Å². The molecule has 0 aliphatic rings. The van der Waals surface area contributed by atoms with Gasteiger partial charge in [-0.3, -0.25) is 14.9 Å². The van der Waals surface area contributed by atoms with Gasteiger partial charge in [0.2, 0.25) is 11.8 Å². The molecule has 3 N–H and O–H groups in total. The molecule has 0 radical (unpaired) electrons. The Morgan fingerprint density at radius 1 is 1.14 bits per heavy atom. The van der Waals surface area contributed by atoms with Crippen molar-refractivity contribution < 1.29 is 9.59 Å². The molecule has 0 aliphatic heterocycles. The predicted molar refractivity (Wildman–Crippen MR) is 85.4 cm³/mol. The van der Waals surface area contributed by atoms with Crippen molar-refractivity contribution in [2.24, 2.45) is 5.92 Å². The van der Waals surface area contributed by atoms with Gasteiger partial charge in [0.05, 0.1) is 12.6 Å². The van der Waals surface area contributed by atoms with Gasteiger partial charge in [0, 0.05) is 17.3 Å². The van der Waals surface area contributed by atoms with Crippen LogP contribution in [0.3, 0.4) is 0 Å². The van der Waals surface area contributed by atoms with E-state index in [9.17, 15) is 9.59 Å². The van der Waals surface area contributed by atoms with Crippen molar-refractivity contribution in [3.05, 3.63) is 29.3 Å². The molecule has 1 atom stereocenters. The maximum atomic E-state index is 11.8. The van der Waals surface area contributed by atoms with Gasteiger partial charge in [-0.1, -0.05) is 25.4 Å². The molecule has 116 valence electrons. The number of benzene rings is 1. The highest BCUT2D eigenvalue weighted by Gasteiger charge is 2.13. The molecule has 0 spiro atoms. The second kappa shape index (κ2) is 8.64. The molecule has 1 aromatic rings. The van der Waals surface area contributed by atoms with E-state index in [1.807, 2.05) is 13.8 Å². The minimum atomic E-state index is -0.417. The van der Waals surface area contributed by atoms with E-state index in [4.69, 9.17) is 11.6 Å². The number of hydrogen-bond acceptors (Lipinski definition) is 3. The SMILES string of the molecule is CC(C)CNC(=O)C(C)NCC(=O)Nc1ccc(Cl)cc1. The van der Waals surface area contributed by atoms with Crippen molar-refractivity contribution in [2.45, 2.75) is 26.8 Å². The van der Waals surface area contributed by atoms with Crippen molar-refractivity contribution in [2.75, 3.05) is 18.4 Å². The summed E-state index contributed by atoms with van der Waals surface area (Å²) in [7, 11) is 0. The zero-order valence-corrected chi connectivity index (χ0v) is 13.3. The molecule has 0 aliphatic carbocycles. The van der Waals surface area contributed by atoms with Crippen LogP contribution >= 0.6 is 11.6 Å². The zero-order valence-electron chi connectivity index (χ0n) is 12.6. The molecule has 5 nitrogen and oxygen atoms in total. The molecule has 1 unspecified atom stereocenters. The third-order valence-corrected chi connectivity index (χ3v) is 3.03. The highest BCUT2D eigenvalue weighted by atomic mass is 35.5. The number of carbonyl (C=O) groups excluding carboxylic acids is 2. The highest BCUT2D eigenvalue weighted by Crippen LogP contribution is 2.12. The quantitative estimate of drug-likeness (QED) is 0.721. The predicted octanol–water partition coefficient (Wildman–Crippen LogP) is 2.03. The standard InChI is InChI=1S/C15H22ClN3O2/c1-10(2)8-18-15(21)11(3)17-9-14(20)19-13-6-4-12(16)5-7-13/h4-7,10-11,17H,8-9H2,1-3H3,(H,18,21)(H,19,20). The Morgan fingerprint density at radius 2 is 1.76 bits per heavy atom. The van der Waals surface area contributed by atoms with Crippen LogP contribution in [-0.2, 0) is 9.59 Å². The molecule has 0 saturated heterocycles. The van der Waals surface area contributed by atoms with Crippen LogP contribution in [0.15, 0.2) is 24.3 Å². The van der Waals surface area contributed by atoms with E-state index in [1.165, 1.54) is 0 Å². The smallest absolute Gasteiger partial charge is 0.238 e. The van der Waals surface area contributed by atoms with Crippen LogP contribution < -0.4 is 16.0 Å². The number of amides is 2. The van der Waals surface area contributed by atoms with Crippen molar-refractivity contribution in [3.63, 3.8) is 0 Å². The molecule has 2 amide bonds. The number of anilines is 1. The van der Waals surface area contributed by atoms with Gasteiger partial charge in [0.15, 0.2) is 0 Å². The van der Waals surface area contributed by atoms with Crippen molar-refractivity contribution in [3.8, 4) is 0 Å². The van der Waals surface area contributed by atoms with E-state index in [0.717, 1.165) is 0 Å². The lowest BCUT2D eigenvalue weighted by Crippen LogP contribution is -2.45. The summed E-state index contributed by atoms with van der Waals surface area (Å²) in [6.07, 6.45) is 0. The summed E-state index contributed by atoms with van der Waals surface area (Å²) in [5.41, 5.74) is 0.670. The van der Waals surface area contributed by atoms with E-state index < -0.39 is 6.04 Å². The molecule has 6 heteroatoms. The molecule has 0 bridgehead atoms. The van der Waals surface area contributed by atoms with Crippen LogP contribution in [-0.4, -0.2) is 30.9 Å². The van der Waals surface area contributed by atoms with Crippen LogP contribution in [0.4, 0.5) is 5.69 Å². The van der Waals surface area contributed by atoms with Gasteiger partial charge in [-0.2, -0.15) is 0 Å². The molecule has 0 fully saturated rings. The van der Waals surface area contributed by atoms with Crippen LogP contribution in [0.2, 0.25) is 5.02 Å². The van der Waals surface area contributed by atoms with Crippen molar-refractivity contribution in [1.82, 2.24) is 10.6 Å². The van der Waals surface area contributed by atoms with E-state index in [1.54, 1.807) is 31.2 Å². The highest BCUT2D eigenvalue weighted by molar-refractivity contribution is 6.30. The van der Waals surface area contributed by atoms with Gasteiger partial charge < -0.3 is 10.6 Å². The summed E-state index contributed by atoms with van der Waals surface area (Å²) in [5, 5.41) is 9.04. The maximum absolute atomic E-state index is 11.8. The molecule has 0 heterocycles. The van der Waals surface area contributed by atoms with Crippen LogP contribution in [0.5, 0.6) is 0 Å². The summed E-state index contributed by atoms with van der Waals surface area (Å²) < 4.78 is 0. The van der Waals surface area contributed by atoms with Gasteiger partial charge >= 0.3 is 0 Å². The largest absolute Gasteiger partial charge is 0.354 e. The molecular formula is C15H22ClN3O2. The summed E-state index contributed by atoms with van der Waals surface area (Å²) in [6.45, 7) is 6.47. The van der Waals surface area contributed by atoms with Crippen molar-refractivity contribution >= 4 is 29.1 Å². The fourth-order valence-corrected chi connectivity index (χ4v) is 1.66. The number of nitrogens with one attached hydrogen (secondary N) is 3. The molecule has 1 rings (SSSR count). The first-order chi connectivity index (χ1) is 9.88. The number of carbonyl (C=O) groups is 2. The second-order valence-electron chi connectivity index (χ2n) is 5.30. The Balaban J connectivity index is 2.31. The van der Waals surface area contributed by atoms with Crippen LogP contribution in [0.1, 0.15) is 20.8 Å². The second-order valence-corrected chi connectivity index (χ2v) is 5.73. The Kier molecular flexibility index (Phi) is 7.19. The summed E-state index contributed by atoms with van der Waals surface area (Å²) in [4.78, 5) is 23.5. The monoisotopic (exact) mass is 311 g/mol. The first-order valence-corrected chi connectivity index (χ1v) is 7.32. The number of hydrogen-bond donors (Lipinski definition) is 3. The van der Waals surface area contributed by atoms with E-state index >= 15 is 0 Å². The normalized spacial score (nSPS) is 12.0. The third-order valence-electron chi connectivity index (χ3n) is 2.77. The molecule has 21 heavy (non-hydrogen) atoms. The minimum absolute atomic E-state index is 0.0683. The van der Waals surface area contributed by atoms with E-state index in [2.05, 4.69) is 16.0 Å². The molecule has 0 aromatic heterocycles. The summed E-state index contributed by atoms with van der Waals surface area (Å²) >= 11 is 5.77. The van der Waals surface area contributed by atoms with E-state index in [0.29, 0.717) is 23.2 Å². The fraction of sp³-hybridized carbons (Fsp3) is 0.467. The third kappa shape index (κ3) is 7.11. The molecule has 0 saturated carbocycles. The Hall–Kier alpha value is -1.59. The zero-order chi connectivity index (χ0) is 15.8. The number of rotatable bonds is 7. The lowest BCUT2D eigenvalue weighted by atomic mass is 10.2. The Labute approximate surface area is 130 Å². The van der Waals surface area contributed by atoms with E-state index in [-0.39, 0.29) is 18.4 Å². The van der Waals surface area contributed by atoms with Crippen molar-refractivity contribution in [1.29, 1.82) is 0 Å². The minimum Gasteiger partial charge on any atom is -0.354 e. The lowest BCUT2D eigenvalue weighted by Gasteiger charge is -2.15. The van der Waals surface area contributed by atoms with Gasteiger partial charge in [-0.25, -0.2) is 0 Å². The number of halogens is 1. The Morgan fingerprint density at radius 3 is 2.33 bits per heavy atom. The average molecular weight is 312 g/mol. The first kappa shape index (κ1) is 17.5. The van der Waals surface area contributed by atoms with Gasteiger partial charge in [0.25, 0.3) is 0 Å². The van der Waals surface area contributed by atoms with Crippen LogP contribution in [0, 0.1) is 5.92 Å². The maximum Gasteiger partial charge on any atom is 0.238 e. The van der Waals surface area contributed by atoms with Gasteiger partial charge in [0.1, 0.15) is 0 Å². The molecular weight excluding hydrogens is 290 g/mol. The lowest BCUT2D eigenvalue weighted by molar-refractivity contribution is -0.123. The van der Waals surface area contributed by atoms with Crippen LogP contribution in [0.25, 0.3) is 0 Å². The summed E-state index contributed by atoms with van der Waals surface area (Å²) in [6, 6.07) is 6.43. The first-order valence-electron chi connectivity index (χ1n) is 6.95. The summed E-state index contributed by atoms with van der Waals surface area (Å²) in [5.74, 6) is 0.0816. The van der Waals surface area contributed by atoms with Gasteiger partial charge in [-0.15, -0.1) is 0 Å². The molecule has 1 aromatic carbocycles. The fourth-order valence-electron chi connectivity index (χ4n) is 1.53.